The van der Waals surface area contributed by atoms with Crippen molar-refractivity contribution in [1.82, 2.24) is 0 Å². The van der Waals surface area contributed by atoms with Crippen LogP contribution in [-0.4, -0.2) is 71.1 Å². The van der Waals surface area contributed by atoms with Crippen LogP contribution in [0.5, 0.6) is 0 Å². The number of aliphatic hydroxyl groups is 1. The van der Waals surface area contributed by atoms with E-state index < -0.39 is 63.8 Å². The van der Waals surface area contributed by atoms with E-state index in [1.165, 1.54) is 103 Å². The standard InChI is InChI=1S/C46H82NO11P/c1-3-5-7-9-11-13-14-15-16-17-18-19-20-22-24-28-33-37-45(50)58-42(39-56-59(53,54)57-40-43(47)46(51)52)38-55-44(49)36-32-29-25-27-31-35-41(48)34-30-26-23-21-12-10-8-6-4-2/h12,21,25-27,30-31,35,41-43,48H,3-11,13-20,22-24,28-29,32-34,36-40,47H2,1-2H3,(H,51,52)(H,53,54)/b21-12-,27-25+,30-26-,35-31-/t41?,42-,43+/m1/s1. The van der Waals surface area contributed by atoms with E-state index in [1.807, 2.05) is 24.3 Å². The molecule has 12 nitrogen and oxygen atoms in total. The predicted octanol–water partition coefficient (Wildman–Crippen LogP) is 11.1. The molecule has 0 heterocycles. The average molecular weight is 856 g/mol. The lowest BCUT2D eigenvalue weighted by molar-refractivity contribution is -0.161. The molecule has 13 heteroatoms. The Balaban J connectivity index is 4.49. The summed E-state index contributed by atoms with van der Waals surface area (Å²) in [6.45, 7) is 2.64. The summed E-state index contributed by atoms with van der Waals surface area (Å²) < 4.78 is 32.6. The zero-order chi connectivity index (χ0) is 43.7. The predicted molar refractivity (Wildman–Crippen MR) is 237 cm³/mol. The van der Waals surface area contributed by atoms with Crippen molar-refractivity contribution >= 4 is 25.7 Å². The van der Waals surface area contributed by atoms with E-state index in [4.69, 9.17) is 24.8 Å². The zero-order valence-corrected chi connectivity index (χ0v) is 37.6. The molecule has 5 N–H and O–H groups in total. The number of esters is 2. The molecule has 4 atom stereocenters. The van der Waals surface area contributed by atoms with Gasteiger partial charge in [0.2, 0.25) is 0 Å². The number of aliphatic carboxylic acids is 1. The molecule has 0 aromatic heterocycles. The molecule has 0 fully saturated rings. The summed E-state index contributed by atoms with van der Waals surface area (Å²) in [5, 5.41) is 19.0. The molecule has 0 saturated heterocycles. The van der Waals surface area contributed by atoms with Crippen LogP contribution in [0.2, 0.25) is 0 Å². The molecule has 0 rings (SSSR count). The number of nitrogens with two attached hydrogens (primary N) is 1. The number of phosphoric ester groups is 1. The summed E-state index contributed by atoms with van der Waals surface area (Å²) >= 11 is 0. The molecule has 0 spiro atoms. The van der Waals surface area contributed by atoms with Gasteiger partial charge < -0.3 is 30.3 Å². The summed E-state index contributed by atoms with van der Waals surface area (Å²) in [5.41, 5.74) is 5.33. The van der Waals surface area contributed by atoms with Crippen molar-refractivity contribution in [3.05, 3.63) is 48.6 Å². The smallest absolute Gasteiger partial charge is 0.472 e. The van der Waals surface area contributed by atoms with Crippen LogP contribution in [0.3, 0.4) is 0 Å². The van der Waals surface area contributed by atoms with Gasteiger partial charge in [-0.05, 0) is 44.9 Å². The Morgan fingerprint density at radius 1 is 0.610 bits per heavy atom. The quantitative estimate of drug-likeness (QED) is 0.0150. The SMILES string of the molecule is CCCCC/C=C\C/C=C\CC(O)/C=C\C=C\CCCC(=O)OC[C@H](COP(=O)(O)OC[C@H](N)C(=O)O)OC(=O)CCCCCCCCCCCCCCCCCCC. The first kappa shape index (κ1) is 56.4. The van der Waals surface area contributed by atoms with E-state index >= 15 is 0 Å². The monoisotopic (exact) mass is 856 g/mol. The fourth-order valence-electron chi connectivity index (χ4n) is 6.02. The summed E-state index contributed by atoms with van der Waals surface area (Å²) in [5.74, 6) is -2.52. The highest BCUT2D eigenvalue weighted by molar-refractivity contribution is 7.47. The maximum absolute atomic E-state index is 12.6. The molecule has 59 heavy (non-hydrogen) atoms. The molecule has 0 aliphatic heterocycles. The number of unbranched alkanes of at least 4 members (excludes halogenated alkanes) is 20. The van der Waals surface area contributed by atoms with Crippen molar-refractivity contribution in [1.29, 1.82) is 0 Å². The van der Waals surface area contributed by atoms with E-state index in [0.717, 1.165) is 32.1 Å². The third-order valence-electron chi connectivity index (χ3n) is 9.66. The highest BCUT2D eigenvalue weighted by Gasteiger charge is 2.28. The maximum atomic E-state index is 12.6. The zero-order valence-electron chi connectivity index (χ0n) is 36.7. The van der Waals surface area contributed by atoms with Gasteiger partial charge in [0, 0.05) is 12.8 Å². The van der Waals surface area contributed by atoms with Crippen molar-refractivity contribution < 1.29 is 52.6 Å². The fraction of sp³-hybridized carbons (Fsp3) is 0.761. The number of carbonyl (C=O) groups excluding carboxylic acids is 2. The molecule has 342 valence electrons. The molecule has 0 amide bonds. The lowest BCUT2D eigenvalue weighted by atomic mass is 10.0. The molecule has 0 aromatic carbocycles. The van der Waals surface area contributed by atoms with Gasteiger partial charge in [-0.1, -0.05) is 178 Å². The summed E-state index contributed by atoms with van der Waals surface area (Å²) in [7, 11) is -4.75. The molecular weight excluding hydrogens is 773 g/mol. The lowest BCUT2D eigenvalue weighted by Crippen LogP contribution is -2.34. The van der Waals surface area contributed by atoms with E-state index in [0.29, 0.717) is 25.7 Å². The van der Waals surface area contributed by atoms with Crippen LogP contribution in [0, 0.1) is 0 Å². The van der Waals surface area contributed by atoms with Crippen LogP contribution < -0.4 is 5.73 Å². The van der Waals surface area contributed by atoms with Crippen molar-refractivity contribution in [2.45, 2.75) is 205 Å². The molecule has 2 unspecified atom stereocenters. The second kappa shape index (κ2) is 40.8. The minimum atomic E-state index is -4.75. The number of carboxylic acid groups (broad SMARTS) is 1. The Morgan fingerprint density at radius 2 is 1.12 bits per heavy atom. The number of carbonyl (C=O) groups is 3. The minimum Gasteiger partial charge on any atom is -0.480 e. The molecule has 0 radical (unpaired) electrons. The highest BCUT2D eigenvalue weighted by atomic mass is 31.2. The highest BCUT2D eigenvalue weighted by Crippen LogP contribution is 2.43. The normalized spacial score (nSPS) is 14.7. The molecule has 0 saturated carbocycles. The van der Waals surface area contributed by atoms with Crippen LogP contribution in [0.1, 0.15) is 187 Å². The topological polar surface area (TPSA) is 192 Å². The van der Waals surface area contributed by atoms with Gasteiger partial charge in [-0.3, -0.25) is 23.4 Å². The Hall–Kier alpha value is -2.60. The van der Waals surface area contributed by atoms with Gasteiger partial charge in [-0.15, -0.1) is 0 Å². The van der Waals surface area contributed by atoms with E-state index in [9.17, 15) is 28.9 Å². The summed E-state index contributed by atoms with van der Waals surface area (Å²) in [4.78, 5) is 46.0. The van der Waals surface area contributed by atoms with Gasteiger partial charge >= 0.3 is 25.7 Å². The Bertz CT molecular complexity index is 1210. The third kappa shape index (κ3) is 40.6. The van der Waals surface area contributed by atoms with Crippen molar-refractivity contribution in [2.75, 3.05) is 19.8 Å². The van der Waals surface area contributed by atoms with E-state index in [2.05, 4.69) is 30.5 Å². The van der Waals surface area contributed by atoms with Gasteiger partial charge in [-0.2, -0.15) is 0 Å². The van der Waals surface area contributed by atoms with Gasteiger partial charge in [0.25, 0.3) is 0 Å². The average Bonchev–Trinajstić information content (AvgIpc) is 3.21. The van der Waals surface area contributed by atoms with Gasteiger partial charge in [0.05, 0.1) is 19.3 Å². The Labute approximate surface area is 357 Å². The van der Waals surface area contributed by atoms with Gasteiger partial charge in [-0.25, -0.2) is 4.57 Å². The number of carboxylic acids is 1. The largest absolute Gasteiger partial charge is 0.480 e. The molecular formula is C46H82NO11P. The molecule has 0 aliphatic rings. The first-order valence-corrected chi connectivity index (χ1v) is 24.3. The van der Waals surface area contributed by atoms with Crippen molar-refractivity contribution in [3.63, 3.8) is 0 Å². The van der Waals surface area contributed by atoms with Gasteiger partial charge in [0.1, 0.15) is 12.6 Å². The van der Waals surface area contributed by atoms with Crippen LogP contribution in [0.25, 0.3) is 0 Å². The second-order valence-electron chi connectivity index (χ2n) is 15.4. The van der Waals surface area contributed by atoms with Crippen LogP contribution in [0.4, 0.5) is 0 Å². The first-order chi connectivity index (χ1) is 28.5. The summed E-state index contributed by atoms with van der Waals surface area (Å²) in [6.07, 6.45) is 42.0. The molecule has 0 aromatic rings. The van der Waals surface area contributed by atoms with Gasteiger partial charge in [0.15, 0.2) is 6.10 Å². The summed E-state index contributed by atoms with van der Waals surface area (Å²) in [6, 6.07) is -1.54. The second-order valence-corrected chi connectivity index (χ2v) is 16.8. The van der Waals surface area contributed by atoms with Crippen LogP contribution >= 0.6 is 7.82 Å². The number of hydrogen-bond acceptors (Lipinski definition) is 10. The van der Waals surface area contributed by atoms with Crippen molar-refractivity contribution in [3.8, 4) is 0 Å². The first-order valence-electron chi connectivity index (χ1n) is 22.8. The maximum Gasteiger partial charge on any atom is 0.472 e. The molecule has 0 bridgehead atoms. The van der Waals surface area contributed by atoms with E-state index in [-0.39, 0.29) is 12.8 Å². The Morgan fingerprint density at radius 3 is 1.71 bits per heavy atom. The number of rotatable bonds is 42. The van der Waals surface area contributed by atoms with Crippen LogP contribution in [0.15, 0.2) is 48.6 Å². The fourth-order valence-corrected chi connectivity index (χ4v) is 6.80. The van der Waals surface area contributed by atoms with Crippen molar-refractivity contribution in [2.24, 2.45) is 5.73 Å². The number of phosphoric acid groups is 1. The number of ether oxygens (including phenoxy) is 2. The van der Waals surface area contributed by atoms with Crippen LogP contribution in [-0.2, 0) is 37.5 Å². The minimum absolute atomic E-state index is 0.0873. The molecule has 0 aliphatic carbocycles. The lowest BCUT2D eigenvalue weighted by Gasteiger charge is -2.20. The number of aliphatic hydroxyl groups excluding tert-OH is 1. The number of allylic oxidation sites excluding steroid dienone is 6. The Kier molecular flexibility index (Phi) is 39.0. The number of hydrogen-bond donors (Lipinski definition) is 4. The third-order valence-corrected chi connectivity index (χ3v) is 10.6. The van der Waals surface area contributed by atoms with E-state index in [1.54, 1.807) is 12.2 Å².